The first-order chi connectivity index (χ1) is 9.29. The topological polar surface area (TPSA) is 89.9 Å². The summed E-state index contributed by atoms with van der Waals surface area (Å²) in [5, 5.41) is 9.69. The van der Waals surface area contributed by atoms with Gasteiger partial charge in [0.2, 0.25) is 0 Å². The average Bonchev–Trinajstić information content (AvgIpc) is 3.11. The third kappa shape index (κ3) is 1.43. The van der Waals surface area contributed by atoms with E-state index in [0.717, 1.165) is 5.65 Å². The van der Waals surface area contributed by atoms with Crippen LogP contribution < -0.4 is 5.73 Å². The highest BCUT2D eigenvalue weighted by Crippen LogP contribution is 2.54. The smallest absolute Gasteiger partial charge is 0.165 e. The average molecular weight is 259 g/mol. The standard InChI is InChI=1S/C13H17N5O/c14-12-10-13(16-5-15-12)18(6-17-10)11-8-2-1-7(3-8)9(11)4-19/h5-9,11,19H,1-4H2,(H2,14,15,16)/t7-,8+,9-,11-/m1/s1. The zero-order chi connectivity index (χ0) is 13.0. The van der Waals surface area contributed by atoms with E-state index in [-0.39, 0.29) is 6.61 Å². The molecule has 2 aromatic rings. The van der Waals surface area contributed by atoms with Gasteiger partial charge < -0.3 is 15.4 Å². The lowest BCUT2D eigenvalue weighted by atomic mass is 9.85. The van der Waals surface area contributed by atoms with Crippen molar-refractivity contribution in [3.8, 4) is 0 Å². The predicted octanol–water partition coefficient (Wildman–Crippen LogP) is 0.988. The van der Waals surface area contributed by atoms with Gasteiger partial charge in [0.1, 0.15) is 11.8 Å². The van der Waals surface area contributed by atoms with Crippen molar-refractivity contribution in [3.63, 3.8) is 0 Å². The molecule has 2 aliphatic carbocycles. The van der Waals surface area contributed by atoms with Crippen molar-refractivity contribution in [1.82, 2.24) is 19.5 Å². The van der Waals surface area contributed by atoms with Gasteiger partial charge >= 0.3 is 0 Å². The summed E-state index contributed by atoms with van der Waals surface area (Å²) >= 11 is 0. The van der Waals surface area contributed by atoms with Gasteiger partial charge in [-0.05, 0) is 31.1 Å². The molecule has 3 N–H and O–H groups in total. The van der Waals surface area contributed by atoms with Crippen molar-refractivity contribution in [1.29, 1.82) is 0 Å². The second-order valence-electron chi connectivity index (χ2n) is 5.75. The number of hydrogen-bond donors (Lipinski definition) is 2. The fourth-order valence-corrected chi connectivity index (χ4v) is 4.16. The lowest BCUT2D eigenvalue weighted by Crippen LogP contribution is -2.28. The Morgan fingerprint density at radius 1 is 1.26 bits per heavy atom. The van der Waals surface area contributed by atoms with Gasteiger partial charge in [0.15, 0.2) is 11.5 Å². The number of hydrogen-bond acceptors (Lipinski definition) is 5. The lowest BCUT2D eigenvalue weighted by Gasteiger charge is -2.30. The lowest BCUT2D eigenvalue weighted by molar-refractivity contribution is 0.130. The van der Waals surface area contributed by atoms with Crippen molar-refractivity contribution in [2.45, 2.75) is 25.3 Å². The number of nitrogen functional groups attached to an aromatic ring is 1. The van der Waals surface area contributed by atoms with Gasteiger partial charge in [-0.15, -0.1) is 0 Å². The summed E-state index contributed by atoms with van der Waals surface area (Å²) in [5.74, 6) is 2.03. The van der Waals surface area contributed by atoms with Gasteiger partial charge in [-0.3, -0.25) is 0 Å². The molecular formula is C13H17N5O. The van der Waals surface area contributed by atoms with Gasteiger partial charge in [0, 0.05) is 18.6 Å². The van der Waals surface area contributed by atoms with Gasteiger partial charge in [-0.25, -0.2) is 15.0 Å². The van der Waals surface area contributed by atoms with Crippen molar-refractivity contribution in [3.05, 3.63) is 12.7 Å². The third-order valence-electron chi connectivity index (χ3n) is 4.96. The number of aliphatic hydroxyl groups excluding tert-OH is 1. The number of nitrogens with zero attached hydrogens (tertiary/aromatic N) is 4. The summed E-state index contributed by atoms with van der Waals surface area (Å²) in [6.07, 6.45) is 7.00. The SMILES string of the molecule is Nc1ncnc2c1ncn2[C@@H]1[C@H]2CC[C@H](C2)[C@H]1CO. The van der Waals surface area contributed by atoms with E-state index >= 15 is 0 Å². The van der Waals surface area contributed by atoms with E-state index in [1.54, 1.807) is 0 Å². The van der Waals surface area contributed by atoms with Crippen LogP contribution in [0.25, 0.3) is 11.2 Å². The van der Waals surface area contributed by atoms with Crippen LogP contribution in [0.3, 0.4) is 0 Å². The van der Waals surface area contributed by atoms with Crippen LogP contribution in [0, 0.1) is 17.8 Å². The molecule has 4 atom stereocenters. The predicted molar refractivity (Wildman–Crippen MR) is 70.2 cm³/mol. The number of fused-ring (bicyclic) bond motifs is 3. The second-order valence-corrected chi connectivity index (χ2v) is 5.75. The second kappa shape index (κ2) is 3.90. The van der Waals surface area contributed by atoms with Crippen molar-refractivity contribution in [2.75, 3.05) is 12.3 Å². The summed E-state index contributed by atoms with van der Waals surface area (Å²) in [7, 11) is 0. The van der Waals surface area contributed by atoms with Crippen LogP contribution in [0.4, 0.5) is 5.82 Å². The Labute approximate surface area is 110 Å². The zero-order valence-electron chi connectivity index (χ0n) is 10.6. The van der Waals surface area contributed by atoms with E-state index in [0.29, 0.717) is 35.1 Å². The summed E-state index contributed by atoms with van der Waals surface area (Å²) in [5.41, 5.74) is 7.30. The molecule has 4 rings (SSSR count). The molecule has 100 valence electrons. The molecule has 6 nitrogen and oxygen atoms in total. The molecule has 0 aromatic carbocycles. The van der Waals surface area contributed by atoms with Crippen LogP contribution in [0.5, 0.6) is 0 Å². The molecule has 2 bridgehead atoms. The minimum Gasteiger partial charge on any atom is -0.396 e. The van der Waals surface area contributed by atoms with Gasteiger partial charge in [-0.1, -0.05) is 0 Å². The minimum atomic E-state index is 0.242. The van der Waals surface area contributed by atoms with Crippen LogP contribution in [0.2, 0.25) is 0 Å². The highest BCUT2D eigenvalue weighted by atomic mass is 16.3. The highest BCUT2D eigenvalue weighted by Gasteiger charge is 2.48. The molecule has 6 heteroatoms. The molecule has 0 spiro atoms. The van der Waals surface area contributed by atoms with Gasteiger partial charge in [-0.2, -0.15) is 0 Å². The Morgan fingerprint density at radius 3 is 2.95 bits per heavy atom. The largest absolute Gasteiger partial charge is 0.396 e. The molecule has 2 aliphatic rings. The Balaban J connectivity index is 1.84. The van der Waals surface area contributed by atoms with Gasteiger partial charge in [0.05, 0.1) is 6.33 Å². The molecule has 0 radical (unpaired) electrons. The van der Waals surface area contributed by atoms with E-state index in [1.165, 1.54) is 25.6 Å². The number of imidazole rings is 1. The first-order valence-electron chi connectivity index (χ1n) is 6.83. The number of rotatable bonds is 2. The van der Waals surface area contributed by atoms with Crippen molar-refractivity contribution < 1.29 is 5.11 Å². The Hall–Kier alpha value is -1.69. The number of aliphatic hydroxyl groups is 1. The van der Waals surface area contributed by atoms with E-state index in [1.807, 2.05) is 6.33 Å². The summed E-state index contributed by atoms with van der Waals surface area (Å²) < 4.78 is 2.11. The Morgan fingerprint density at radius 2 is 2.11 bits per heavy atom. The normalized spacial score (nSPS) is 33.3. The molecule has 2 aromatic heterocycles. The number of aromatic nitrogens is 4. The van der Waals surface area contributed by atoms with Crippen molar-refractivity contribution >= 4 is 17.0 Å². The summed E-state index contributed by atoms with van der Waals surface area (Å²) in [6, 6.07) is 0.308. The third-order valence-corrected chi connectivity index (χ3v) is 4.96. The fourth-order valence-electron chi connectivity index (χ4n) is 4.16. The Bertz CT molecular complexity index is 625. The van der Waals surface area contributed by atoms with Crippen LogP contribution in [-0.4, -0.2) is 31.2 Å². The quantitative estimate of drug-likeness (QED) is 0.839. The monoisotopic (exact) mass is 259 g/mol. The first-order valence-corrected chi connectivity index (χ1v) is 6.83. The summed E-state index contributed by atoms with van der Waals surface area (Å²) in [6.45, 7) is 0.242. The number of anilines is 1. The van der Waals surface area contributed by atoms with E-state index in [2.05, 4.69) is 19.5 Å². The van der Waals surface area contributed by atoms with E-state index < -0.39 is 0 Å². The molecule has 0 aliphatic heterocycles. The molecule has 0 amide bonds. The number of nitrogens with two attached hydrogens (primary N) is 1. The molecule has 2 heterocycles. The maximum atomic E-state index is 9.69. The molecule has 0 unspecified atom stereocenters. The van der Waals surface area contributed by atoms with E-state index in [4.69, 9.17) is 5.73 Å². The van der Waals surface area contributed by atoms with Crippen LogP contribution >= 0.6 is 0 Å². The van der Waals surface area contributed by atoms with E-state index in [9.17, 15) is 5.11 Å². The van der Waals surface area contributed by atoms with Gasteiger partial charge in [0.25, 0.3) is 0 Å². The maximum Gasteiger partial charge on any atom is 0.165 e. The first kappa shape index (κ1) is 11.2. The van der Waals surface area contributed by atoms with Crippen LogP contribution in [-0.2, 0) is 0 Å². The molecule has 2 fully saturated rings. The van der Waals surface area contributed by atoms with Crippen LogP contribution in [0.1, 0.15) is 25.3 Å². The highest BCUT2D eigenvalue weighted by molar-refractivity contribution is 5.81. The summed E-state index contributed by atoms with van der Waals surface area (Å²) in [4.78, 5) is 12.6. The fraction of sp³-hybridized carbons (Fsp3) is 0.615. The minimum absolute atomic E-state index is 0.242. The van der Waals surface area contributed by atoms with Crippen molar-refractivity contribution in [2.24, 2.45) is 17.8 Å². The molecular weight excluding hydrogens is 242 g/mol. The Kier molecular flexibility index (Phi) is 2.29. The maximum absolute atomic E-state index is 9.69. The molecule has 19 heavy (non-hydrogen) atoms. The van der Waals surface area contributed by atoms with Crippen LogP contribution in [0.15, 0.2) is 12.7 Å². The zero-order valence-corrected chi connectivity index (χ0v) is 10.6. The molecule has 0 saturated heterocycles. The molecule has 2 saturated carbocycles.